The maximum absolute atomic E-state index is 13.6. The number of para-hydroxylation sites is 1. The highest BCUT2D eigenvalue weighted by Crippen LogP contribution is 2.24. The minimum atomic E-state index is -0.662. The zero-order valence-corrected chi connectivity index (χ0v) is 12.7. The van der Waals surface area contributed by atoms with Gasteiger partial charge in [0.1, 0.15) is 17.3 Å². The first kappa shape index (κ1) is 15.9. The Morgan fingerprint density at radius 3 is 1.91 bits per heavy atom. The van der Waals surface area contributed by atoms with Crippen molar-refractivity contribution in [2.45, 2.75) is 20.8 Å². The molecule has 0 fully saturated rings. The molecule has 2 N–H and O–H groups in total. The monoisotopic (exact) mass is 304 g/mol. The summed E-state index contributed by atoms with van der Waals surface area (Å²) in [6.07, 6.45) is 0. The molecule has 0 spiro atoms. The summed E-state index contributed by atoms with van der Waals surface area (Å²) in [7, 11) is 0. The number of carbonyl (C=O) groups is 1. The van der Waals surface area contributed by atoms with Gasteiger partial charge in [-0.05, 0) is 36.4 Å². The molecule has 5 heteroatoms. The summed E-state index contributed by atoms with van der Waals surface area (Å²) in [6, 6.07) is 10.3. The lowest BCUT2D eigenvalue weighted by Crippen LogP contribution is -2.27. The second-order valence-corrected chi connectivity index (χ2v) is 6.00. The van der Waals surface area contributed by atoms with Gasteiger partial charge in [-0.1, -0.05) is 26.8 Å². The van der Waals surface area contributed by atoms with Crippen LogP contribution in [-0.2, 0) is 4.79 Å². The van der Waals surface area contributed by atoms with Crippen LogP contribution in [0, 0.1) is 17.0 Å². The fourth-order valence-electron chi connectivity index (χ4n) is 1.72. The fourth-order valence-corrected chi connectivity index (χ4v) is 1.72. The van der Waals surface area contributed by atoms with Crippen LogP contribution in [0.4, 0.5) is 25.8 Å². The average molecular weight is 304 g/mol. The molecule has 3 nitrogen and oxygen atoms in total. The molecular formula is C17H18F2N2O. The lowest BCUT2D eigenvalue weighted by Gasteiger charge is -2.18. The molecule has 0 aliphatic heterocycles. The van der Waals surface area contributed by atoms with Gasteiger partial charge in [-0.2, -0.15) is 0 Å². The third kappa shape index (κ3) is 3.81. The van der Waals surface area contributed by atoms with E-state index in [1.807, 2.05) is 20.8 Å². The second-order valence-electron chi connectivity index (χ2n) is 6.00. The summed E-state index contributed by atoms with van der Waals surface area (Å²) in [4.78, 5) is 11.9. The van der Waals surface area contributed by atoms with E-state index in [2.05, 4.69) is 10.6 Å². The Morgan fingerprint density at radius 1 is 0.909 bits per heavy atom. The number of rotatable bonds is 3. The van der Waals surface area contributed by atoms with E-state index in [4.69, 9.17) is 0 Å². The van der Waals surface area contributed by atoms with Crippen LogP contribution in [0.1, 0.15) is 20.8 Å². The second kappa shape index (κ2) is 6.13. The normalized spacial score (nSPS) is 11.1. The van der Waals surface area contributed by atoms with Crippen molar-refractivity contribution in [1.29, 1.82) is 0 Å². The van der Waals surface area contributed by atoms with Gasteiger partial charge in [-0.3, -0.25) is 4.79 Å². The van der Waals surface area contributed by atoms with E-state index in [9.17, 15) is 13.6 Å². The predicted octanol–water partition coefficient (Wildman–Crippen LogP) is 4.69. The molecule has 0 aliphatic rings. The first-order valence-electron chi connectivity index (χ1n) is 6.90. The van der Waals surface area contributed by atoms with Gasteiger partial charge >= 0.3 is 0 Å². The maximum atomic E-state index is 13.6. The Hall–Kier alpha value is -2.43. The van der Waals surface area contributed by atoms with E-state index < -0.39 is 17.0 Å². The number of halogens is 2. The van der Waals surface area contributed by atoms with Gasteiger partial charge in [0.15, 0.2) is 0 Å². The minimum absolute atomic E-state index is 0.103. The highest BCUT2D eigenvalue weighted by atomic mass is 19.1. The minimum Gasteiger partial charge on any atom is -0.351 e. The third-order valence-electron chi connectivity index (χ3n) is 3.06. The maximum Gasteiger partial charge on any atom is 0.229 e. The van der Waals surface area contributed by atoms with E-state index in [0.29, 0.717) is 11.4 Å². The molecule has 0 aromatic heterocycles. The Morgan fingerprint density at radius 2 is 1.41 bits per heavy atom. The van der Waals surface area contributed by atoms with Crippen LogP contribution in [0.25, 0.3) is 0 Å². The largest absolute Gasteiger partial charge is 0.351 e. The molecule has 1 amide bonds. The van der Waals surface area contributed by atoms with E-state index in [-0.39, 0.29) is 11.6 Å². The molecule has 0 heterocycles. The van der Waals surface area contributed by atoms with Crippen molar-refractivity contribution in [3.63, 3.8) is 0 Å². The Bertz CT molecular complexity index is 656. The zero-order chi connectivity index (χ0) is 16.3. The average Bonchev–Trinajstić information content (AvgIpc) is 2.44. The van der Waals surface area contributed by atoms with E-state index >= 15 is 0 Å². The van der Waals surface area contributed by atoms with E-state index in [1.165, 1.54) is 18.2 Å². The summed E-state index contributed by atoms with van der Waals surface area (Å²) in [5.74, 6) is -1.43. The molecule has 0 atom stereocenters. The van der Waals surface area contributed by atoms with Crippen molar-refractivity contribution in [1.82, 2.24) is 0 Å². The Labute approximate surface area is 128 Å². The number of benzene rings is 2. The smallest absolute Gasteiger partial charge is 0.229 e. The Kier molecular flexibility index (Phi) is 4.45. The molecule has 2 rings (SSSR count). The Balaban J connectivity index is 2.11. The SMILES string of the molecule is CC(C)(C)C(=O)Nc1ccc(Nc2c(F)cccc2F)cc1. The van der Waals surface area contributed by atoms with Crippen LogP contribution in [0.15, 0.2) is 42.5 Å². The molecule has 0 radical (unpaired) electrons. The number of carbonyl (C=O) groups excluding carboxylic acids is 1. The standard InChI is InChI=1S/C17H18F2N2O/c1-17(2,3)16(22)21-12-9-7-11(8-10-12)20-15-13(18)5-4-6-14(15)19/h4-10,20H,1-3H3,(H,21,22). The number of anilines is 3. The third-order valence-corrected chi connectivity index (χ3v) is 3.06. The van der Waals surface area contributed by atoms with Gasteiger partial charge < -0.3 is 10.6 Å². The van der Waals surface area contributed by atoms with Crippen molar-refractivity contribution in [3.05, 3.63) is 54.1 Å². The number of hydrogen-bond donors (Lipinski definition) is 2. The molecular weight excluding hydrogens is 286 g/mol. The van der Waals surface area contributed by atoms with Gasteiger partial charge in [0.05, 0.1) is 0 Å². The van der Waals surface area contributed by atoms with Crippen LogP contribution >= 0.6 is 0 Å². The molecule has 0 saturated carbocycles. The van der Waals surface area contributed by atoms with Crippen LogP contribution in [0.5, 0.6) is 0 Å². The molecule has 2 aromatic rings. The van der Waals surface area contributed by atoms with Crippen molar-refractivity contribution >= 4 is 23.0 Å². The van der Waals surface area contributed by atoms with Crippen LogP contribution in [0.2, 0.25) is 0 Å². The first-order valence-corrected chi connectivity index (χ1v) is 6.90. The van der Waals surface area contributed by atoms with E-state index in [1.54, 1.807) is 24.3 Å². The molecule has 0 unspecified atom stereocenters. The van der Waals surface area contributed by atoms with Crippen molar-refractivity contribution in [2.24, 2.45) is 5.41 Å². The molecule has 0 bridgehead atoms. The van der Waals surface area contributed by atoms with Gasteiger partial charge in [0, 0.05) is 16.8 Å². The highest BCUT2D eigenvalue weighted by Gasteiger charge is 2.21. The molecule has 116 valence electrons. The lowest BCUT2D eigenvalue weighted by atomic mass is 9.95. The number of hydrogen-bond acceptors (Lipinski definition) is 2. The summed E-state index contributed by atoms with van der Waals surface area (Å²) < 4.78 is 27.1. The lowest BCUT2D eigenvalue weighted by molar-refractivity contribution is -0.123. The molecule has 0 aliphatic carbocycles. The van der Waals surface area contributed by atoms with Gasteiger partial charge in [0.2, 0.25) is 5.91 Å². The van der Waals surface area contributed by atoms with Crippen molar-refractivity contribution in [2.75, 3.05) is 10.6 Å². The molecule has 2 aromatic carbocycles. The highest BCUT2D eigenvalue weighted by molar-refractivity contribution is 5.94. The predicted molar refractivity (Wildman–Crippen MR) is 84.2 cm³/mol. The molecule has 22 heavy (non-hydrogen) atoms. The van der Waals surface area contributed by atoms with Crippen LogP contribution < -0.4 is 10.6 Å². The summed E-state index contributed by atoms with van der Waals surface area (Å²) in [5, 5.41) is 5.47. The quantitative estimate of drug-likeness (QED) is 0.863. The first-order chi connectivity index (χ1) is 10.3. The summed E-state index contributed by atoms with van der Waals surface area (Å²) in [6.45, 7) is 5.46. The van der Waals surface area contributed by atoms with Gasteiger partial charge in [-0.25, -0.2) is 8.78 Å². The van der Waals surface area contributed by atoms with Crippen molar-refractivity contribution in [3.8, 4) is 0 Å². The summed E-state index contributed by atoms with van der Waals surface area (Å²) in [5.41, 5.74) is 0.457. The number of nitrogens with one attached hydrogen (secondary N) is 2. The van der Waals surface area contributed by atoms with Crippen LogP contribution in [-0.4, -0.2) is 5.91 Å². The summed E-state index contributed by atoms with van der Waals surface area (Å²) >= 11 is 0. The fraction of sp³-hybridized carbons (Fsp3) is 0.235. The van der Waals surface area contributed by atoms with Gasteiger partial charge in [-0.15, -0.1) is 0 Å². The van der Waals surface area contributed by atoms with Gasteiger partial charge in [0.25, 0.3) is 0 Å². The molecule has 0 saturated heterocycles. The van der Waals surface area contributed by atoms with Crippen LogP contribution in [0.3, 0.4) is 0 Å². The topological polar surface area (TPSA) is 41.1 Å². The van der Waals surface area contributed by atoms with E-state index in [0.717, 1.165) is 0 Å². The number of amides is 1. The zero-order valence-electron chi connectivity index (χ0n) is 12.7. The van der Waals surface area contributed by atoms with Crippen molar-refractivity contribution < 1.29 is 13.6 Å².